The van der Waals surface area contributed by atoms with E-state index < -0.39 is 5.41 Å². The maximum Gasteiger partial charge on any atom is 0.241 e. The van der Waals surface area contributed by atoms with Crippen molar-refractivity contribution in [2.24, 2.45) is 10.8 Å². The van der Waals surface area contributed by atoms with Crippen molar-refractivity contribution in [3.8, 4) is 6.07 Å². The molecule has 21 heavy (non-hydrogen) atoms. The van der Waals surface area contributed by atoms with Gasteiger partial charge >= 0.3 is 0 Å². The molecule has 3 unspecified atom stereocenters. The SMILES string of the molecule is COCC(NC(=O)C1(C#N)CC12CCCC2)C1CCCO1. The molecule has 1 spiro atoms. The predicted molar refractivity (Wildman–Crippen MR) is 76.3 cm³/mol. The summed E-state index contributed by atoms with van der Waals surface area (Å²) < 4.78 is 10.9. The molecule has 5 heteroatoms. The van der Waals surface area contributed by atoms with Crippen molar-refractivity contribution in [1.82, 2.24) is 5.32 Å². The van der Waals surface area contributed by atoms with Crippen LogP contribution in [0.3, 0.4) is 0 Å². The van der Waals surface area contributed by atoms with E-state index in [4.69, 9.17) is 9.47 Å². The van der Waals surface area contributed by atoms with Crippen molar-refractivity contribution in [2.75, 3.05) is 20.3 Å². The van der Waals surface area contributed by atoms with Gasteiger partial charge in [-0.25, -0.2) is 0 Å². The Morgan fingerprint density at radius 1 is 1.48 bits per heavy atom. The zero-order chi connectivity index (χ0) is 14.9. The average Bonchev–Trinajstić information content (AvgIpc) is 2.89. The molecule has 2 aliphatic carbocycles. The molecule has 2 saturated carbocycles. The largest absolute Gasteiger partial charge is 0.382 e. The molecule has 1 saturated heterocycles. The summed E-state index contributed by atoms with van der Waals surface area (Å²) in [5, 5.41) is 12.6. The second-order valence-electron chi connectivity index (χ2n) is 6.77. The van der Waals surface area contributed by atoms with Crippen LogP contribution in [0.5, 0.6) is 0 Å². The smallest absolute Gasteiger partial charge is 0.241 e. The van der Waals surface area contributed by atoms with Gasteiger partial charge in [0.25, 0.3) is 0 Å². The summed E-state index contributed by atoms with van der Waals surface area (Å²) in [5.74, 6) is -0.107. The Balaban J connectivity index is 1.68. The highest BCUT2D eigenvalue weighted by Gasteiger charge is 2.73. The molecular formula is C16H24N2O3. The third-order valence-electron chi connectivity index (χ3n) is 5.60. The zero-order valence-corrected chi connectivity index (χ0v) is 12.7. The van der Waals surface area contributed by atoms with Gasteiger partial charge in [0.05, 0.1) is 24.8 Å². The first kappa shape index (κ1) is 14.8. The standard InChI is InChI=1S/C16H24N2O3/c1-20-9-12(13-5-4-8-21-13)18-14(19)16(11-17)10-15(16)6-2-3-7-15/h12-13H,2-10H2,1H3,(H,18,19). The molecule has 0 aromatic carbocycles. The molecule has 3 atom stereocenters. The summed E-state index contributed by atoms with van der Waals surface area (Å²) in [6.45, 7) is 1.18. The van der Waals surface area contributed by atoms with Gasteiger partial charge in [-0.3, -0.25) is 4.79 Å². The van der Waals surface area contributed by atoms with Crippen LogP contribution in [0.1, 0.15) is 44.9 Å². The summed E-state index contributed by atoms with van der Waals surface area (Å²) in [4.78, 5) is 12.7. The molecule has 1 aliphatic heterocycles. The maximum absolute atomic E-state index is 12.7. The van der Waals surface area contributed by atoms with E-state index in [0.29, 0.717) is 6.61 Å². The summed E-state index contributed by atoms with van der Waals surface area (Å²) in [5.41, 5.74) is -0.839. The lowest BCUT2D eigenvalue weighted by Crippen LogP contribution is -2.49. The summed E-state index contributed by atoms with van der Waals surface area (Å²) in [7, 11) is 1.63. The maximum atomic E-state index is 12.7. The van der Waals surface area contributed by atoms with Crippen LogP contribution in [0.25, 0.3) is 0 Å². The fourth-order valence-corrected chi connectivity index (χ4v) is 4.28. The molecule has 3 aliphatic rings. The highest BCUT2D eigenvalue weighted by molar-refractivity contribution is 5.90. The van der Waals surface area contributed by atoms with Gasteiger partial charge in [0.1, 0.15) is 5.41 Å². The van der Waals surface area contributed by atoms with Crippen LogP contribution in [0.15, 0.2) is 0 Å². The Morgan fingerprint density at radius 2 is 2.24 bits per heavy atom. The lowest BCUT2D eigenvalue weighted by atomic mass is 9.91. The topological polar surface area (TPSA) is 71.3 Å². The zero-order valence-electron chi connectivity index (χ0n) is 12.7. The van der Waals surface area contributed by atoms with Crippen molar-refractivity contribution in [1.29, 1.82) is 5.26 Å². The number of carbonyl (C=O) groups is 1. The lowest BCUT2D eigenvalue weighted by molar-refractivity contribution is -0.128. The molecule has 5 nitrogen and oxygen atoms in total. The second kappa shape index (κ2) is 5.58. The molecule has 3 rings (SSSR count). The molecule has 116 valence electrons. The summed E-state index contributed by atoms with van der Waals surface area (Å²) in [6.07, 6.45) is 7.03. The van der Waals surface area contributed by atoms with E-state index in [1.54, 1.807) is 7.11 Å². The highest BCUT2D eigenvalue weighted by Crippen LogP contribution is 2.71. The lowest BCUT2D eigenvalue weighted by Gasteiger charge is -2.25. The Bertz CT molecular complexity index is 447. The summed E-state index contributed by atoms with van der Waals surface area (Å²) >= 11 is 0. The number of amides is 1. The van der Waals surface area contributed by atoms with Crippen LogP contribution in [-0.4, -0.2) is 38.4 Å². The van der Waals surface area contributed by atoms with E-state index in [0.717, 1.165) is 51.6 Å². The number of nitrogens with one attached hydrogen (secondary N) is 1. The molecule has 0 radical (unpaired) electrons. The fraction of sp³-hybridized carbons (Fsp3) is 0.875. The number of methoxy groups -OCH3 is 1. The molecule has 3 fully saturated rings. The predicted octanol–water partition coefficient (Wildman–Crippen LogP) is 1.77. The molecular weight excluding hydrogens is 268 g/mol. The van der Waals surface area contributed by atoms with Gasteiger partial charge in [-0.15, -0.1) is 0 Å². The molecule has 0 aromatic heterocycles. The third-order valence-corrected chi connectivity index (χ3v) is 5.60. The number of rotatable bonds is 5. The molecule has 0 aromatic rings. The normalized spacial score (nSPS) is 34.6. The van der Waals surface area contributed by atoms with Crippen LogP contribution < -0.4 is 5.32 Å². The molecule has 1 N–H and O–H groups in total. The number of nitrogens with zero attached hydrogens (tertiary/aromatic N) is 1. The number of ether oxygens (including phenoxy) is 2. The van der Waals surface area contributed by atoms with Crippen LogP contribution in [0.2, 0.25) is 0 Å². The van der Waals surface area contributed by atoms with Crippen molar-refractivity contribution in [2.45, 2.75) is 57.1 Å². The van der Waals surface area contributed by atoms with E-state index in [2.05, 4.69) is 11.4 Å². The molecule has 1 heterocycles. The number of hydrogen-bond acceptors (Lipinski definition) is 4. The van der Waals surface area contributed by atoms with Crippen LogP contribution in [0, 0.1) is 22.2 Å². The minimum atomic E-state index is -0.798. The monoisotopic (exact) mass is 292 g/mol. The Kier molecular flexibility index (Phi) is 3.94. The van der Waals surface area contributed by atoms with Gasteiger partial charge < -0.3 is 14.8 Å². The summed E-state index contributed by atoms with van der Waals surface area (Å²) in [6, 6.07) is 2.19. The Morgan fingerprint density at radius 3 is 2.81 bits per heavy atom. The minimum Gasteiger partial charge on any atom is -0.382 e. The van der Waals surface area contributed by atoms with E-state index in [1.807, 2.05) is 0 Å². The second-order valence-corrected chi connectivity index (χ2v) is 6.77. The molecule has 1 amide bonds. The van der Waals surface area contributed by atoms with E-state index in [-0.39, 0.29) is 23.5 Å². The van der Waals surface area contributed by atoms with Crippen molar-refractivity contribution in [3.05, 3.63) is 0 Å². The number of nitriles is 1. The minimum absolute atomic E-state index is 0.0166. The number of hydrogen-bond donors (Lipinski definition) is 1. The fourth-order valence-electron chi connectivity index (χ4n) is 4.28. The van der Waals surface area contributed by atoms with E-state index in [9.17, 15) is 10.1 Å². The molecule has 0 bridgehead atoms. The Labute approximate surface area is 126 Å². The number of carbonyl (C=O) groups excluding carboxylic acids is 1. The van der Waals surface area contributed by atoms with Crippen molar-refractivity contribution < 1.29 is 14.3 Å². The third kappa shape index (κ3) is 2.35. The average molecular weight is 292 g/mol. The van der Waals surface area contributed by atoms with E-state index >= 15 is 0 Å². The van der Waals surface area contributed by atoms with Gasteiger partial charge in [0, 0.05) is 19.1 Å². The van der Waals surface area contributed by atoms with Crippen LogP contribution in [0.4, 0.5) is 0 Å². The van der Waals surface area contributed by atoms with Gasteiger partial charge in [-0.05, 0) is 32.1 Å². The van der Waals surface area contributed by atoms with Crippen LogP contribution >= 0.6 is 0 Å². The first-order chi connectivity index (χ1) is 10.2. The highest BCUT2D eigenvalue weighted by atomic mass is 16.5. The van der Waals surface area contributed by atoms with Crippen molar-refractivity contribution >= 4 is 5.91 Å². The van der Waals surface area contributed by atoms with E-state index in [1.165, 1.54) is 0 Å². The first-order valence-corrected chi connectivity index (χ1v) is 8.00. The first-order valence-electron chi connectivity index (χ1n) is 8.00. The van der Waals surface area contributed by atoms with Gasteiger partial charge in [0.2, 0.25) is 5.91 Å². The van der Waals surface area contributed by atoms with Crippen molar-refractivity contribution in [3.63, 3.8) is 0 Å². The van der Waals surface area contributed by atoms with Crippen LogP contribution in [-0.2, 0) is 14.3 Å². The Hall–Kier alpha value is -1.12. The van der Waals surface area contributed by atoms with Gasteiger partial charge in [-0.1, -0.05) is 12.8 Å². The van der Waals surface area contributed by atoms with Gasteiger partial charge in [-0.2, -0.15) is 5.26 Å². The quantitative estimate of drug-likeness (QED) is 0.838. The van der Waals surface area contributed by atoms with Gasteiger partial charge in [0.15, 0.2) is 0 Å².